The van der Waals surface area contributed by atoms with Gasteiger partial charge >= 0.3 is 0 Å². The zero-order valence-corrected chi connectivity index (χ0v) is 11.3. The Balaban J connectivity index is 2.14. The summed E-state index contributed by atoms with van der Waals surface area (Å²) in [6.07, 6.45) is 3.84. The summed E-state index contributed by atoms with van der Waals surface area (Å²) in [5, 5.41) is 0. The van der Waals surface area contributed by atoms with Crippen molar-refractivity contribution in [1.29, 1.82) is 0 Å². The molecule has 3 nitrogen and oxygen atoms in total. The van der Waals surface area contributed by atoms with E-state index in [0.29, 0.717) is 11.6 Å². The second kappa shape index (κ2) is 5.42. The molecule has 0 heterocycles. The molecule has 0 unspecified atom stereocenters. The Morgan fingerprint density at radius 3 is 2.72 bits per heavy atom. The van der Waals surface area contributed by atoms with Gasteiger partial charge in [-0.05, 0) is 50.3 Å². The first-order valence-electron chi connectivity index (χ1n) is 6.77. The molecular weight excluding hydrogens is 224 g/mol. The summed E-state index contributed by atoms with van der Waals surface area (Å²) in [5.41, 5.74) is 8.21. The Kier molecular flexibility index (Phi) is 3.90. The third-order valence-corrected chi connectivity index (χ3v) is 3.98. The number of hydrogen-bond donors (Lipinski definition) is 1. The Hall–Kier alpha value is -1.51. The molecule has 0 bridgehead atoms. The van der Waals surface area contributed by atoms with Crippen LogP contribution in [0.2, 0.25) is 0 Å². The fraction of sp³-hybridized carbons (Fsp3) is 0.533. The maximum absolute atomic E-state index is 12.5. The van der Waals surface area contributed by atoms with E-state index in [4.69, 9.17) is 5.73 Å². The monoisotopic (exact) mass is 246 g/mol. The summed E-state index contributed by atoms with van der Waals surface area (Å²) in [5.74, 6) is 0.824. The highest BCUT2D eigenvalue weighted by atomic mass is 16.2. The predicted molar refractivity (Wildman–Crippen MR) is 74.5 cm³/mol. The Morgan fingerprint density at radius 1 is 1.44 bits per heavy atom. The molecule has 1 aromatic rings. The third kappa shape index (κ3) is 2.50. The van der Waals surface area contributed by atoms with Gasteiger partial charge in [0.15, 0.2) is 0 Å². The molecule has 18 heavy (non-hydrogen) atoms. The van der Waals surface area contributed by atoms with Gasteiger partial charge in [-0.25, -0.2) is 0 Å². The zero-order chi connectivity index (χ0) is 13.1. The highest BCUT2D eigenvalue weighted by Crippen LogP contribution is 2.28. The van der Waals surface area contributed by atoms with Gasteiger partial charge in [-0.3, -0.25) is 4.79 Å². The van der Waals surface area contributed by atoms with E-state index in [0.717, 1.165) is 24.2 Å². The first-order chi connectivity index (χ1) is 8.63. The highest BCUT2D eigenvalue weighted by molar-refractivity contribution is 5.96. The maximum Gasteiger partial charge on any atom is 0.254 e. The number of benzene rings is 1. The van der Waals surface area contributed by atoms with Crippen molar-refractivity contribution in [2.24, 2.45) is 5.92 Å². The van der Waals surface area contributed by atoms with E-state index in [-0.39, 0.29) is 5.91 Å². The lowest BCUT2D eigenvalue weighted by atomic mass is 9.85. The molecule has 2 N–H and O–H groups in total. The van der Waals surface area contributed by atoms with E-state index in [1.54, 1.807) is 0 Å². The van der Waals surface area contributed by atoms with Gasteiger partial charge in [-0.15, -0.1) is 0 Å². The molecule has 98 valence electrons. The zero-order valence-electron chi connectivity index (χ0n) is 11.3. The summed E-state index contributed by atoms with van der Waals surface area (Å²) in [7, 11) is 0. The van der Waals surface area contributed by atoms with Gasteiger partial charge in [0.1, 0.15) is 0 Å². The van der Waals surface area contributed by atoms with Crippen molar-refractivity contribution in [2.45, 2.75) is 33.1 Å². The van der Waals surface area contributed by atoms with Gasteiger partial charge in [-0.2, -0.15) is 0 Å². The SMILES string of the molecule is CCN(CC1CCC1)C(=O)c1cccc(N)c1C. The summed E-state index contributed by atoms with van der Waals surface area (Å²) in [6.45, 7) is 5.62. The molecule has 1 aliphatic rings. The van der Waals surface area contributed by atoms with Crippen LogP contribution in [0.3, 0.4) is 0 Å². The van der Waals surface area contributed by atoms with E-state index in [1.165, 1.54) is 19.3 Å². The summed E-state index contributed by atoms with van der Waals surface area (Å²) in [6, 6.07) is 5.57. The number of amides is 1. The molecule has 0 aliphatic heterocycles. The standard InChI is InChI=1S/C15H22N2O/c1-3-17(10-12-6-4-7-12)15(18)13-8-5-9-14(16)11(13)2/h5,8-9,12H,3-4,6-7,10,16H2,1-2H3. The maximum atomic E-state index is 12.5. The minimum absolute atomic E-state index is 0.120. The molecule has 1 aromatic carbocycles. The lowest BCUT2D eigenvalue weighted by Gasteiger charge is -2.32. The average molecular weight is 246 g/mol. The van der Waals surface area contributed by atoms with Crippen LogP contribution in [0.5, 0.6) is 0 Å². The molecule has 0 saturated heterocycles. The molecule has 3 heteroatoms. The van der Waals surface area contributed by atoms with Crippen LogP contribution in [-0.2, 0) is 0 Å². The molecule has 0 radical (unpaired) electrons. The fourth-order valence-corrected chi connectivity index (χ4v) is 2.40. The second-order valence-electron chi connectivity index (χ2n) is 5.16. The lowest BCUT2D eigenvalue weighted by molar-refractivity contribution is 0.0706. The van der Waals surface area contributed by atoms with Crippen molar-refractivity contribution in [2.75, 3.05) is 18.8 Å². The van der Waals surface area contributed by atoms with Crippen LogP contribution in [0.1, 0.15) is 42.1 Å². The topological polar surface area (TPSA) is 46.3 Å². The van der Waals surface area contributed by atoms with Crippen LogP contribution in [0.4, 0.5) is 5.69 Å². The normalized spacial score (nSPS) is 15.2. The molecule has 0 spiro atoms. The van der Waals surface area contributed by atoms with E-state index in [9.17, 15) is 4.79 Å². The van der Waals surface area contributed by atoms with Crippen LogP contribution < -0.4 is 5.73 Å². The first-order valence-corrected chi connectivity index (χ1v) is 6.77. The van der Waals surface area contributed by atoms with Gasteiger partial charge in [0.25, 0.3) is 5.91 Å². The Labute approximate surface area is 109 Å². The molecule has 0 atom stereocenters. The molecule has 1 aliphatic carbocycles. The number of hydrogen-bond acceptors (Lipinski definition) is 2. The number of rotatable bonds is 4. The largest absolute Gasteiger partial charge is 0.398 e. The quantitative estimate of drug-likeness (QED) is 0.830. The highest BCUT2D eigenvalue weighted by Gasteiger charge is 2.24. The van der Waals surface area contributed by atoms with E-state index >= 15 is 0 Å². The first kappa shape index (κ1) is 12.9. The van der Waals surface area contributed by atoms with E-state index in [1.807, 2.05) is 36.9 Å². The predicted octanol–water partition coefficient (Wildman–Crippen LogP) is 2.84. The third-order valence-electron chi connectivity index (χ3n) is 3.98. The van der Waals surface area contributed by atoms with Gasteiger partial charge < -0.3 is 10.6 Å². The van der Waals surface area contributed by atoms with Crippen molar-refractivity contribution in [3.63, 3.8) is 0 Å². The molecule has 0 aromatic heterocycles. The van der Waals surface area contributed by atoms with Gasteiger partial charge in [0, 0.05) is 24.3 Å². The molecule has 2 rings (SSSR count). The van der Waals surface area contributed by atoms with Crippen LogP contribution in [0, 0.1) is 12.8 Å². The fourth-order valence-electron chi connectivity index (χ4n) is 2.40. The summed E-state index contributed by atoms with van der Waals surface area (Å²) in [4.78, 5) is 14.4. The molecule has 1 saturated carbocycles. The number of nitrogen functional groups attached to an aromatic ring is 1. The average Bonchev–Trinajstić information content (AvgIpc) is 2.31. The van der Waals surface area contributed by atoms with Gasteiger partial charge in [0.05, 0.1) is 0 Å². The Bertz CT molecular complexity index is 438. The van der Waals surface area contributed by atoms with Crippen LogP contribution in [0.25, 0.3) is 0 Å². The van der Waals surface area contributed by atoms with Crippen molar-refractivity contribution < 1.29 is 4.79 Å². The molecule has 1 amide bonds. The number of carbonyl (C=O) groups is 1. The number of nitrogens with zero attached hydrogens (tertiary/aromatic N) is 1. The van der Waals surface area contributed by atoms with Crippen molar-refractivity contribution >= 4 is 11.6 Å². The summed E-state index contributed by atoms with van der Waals surface area (Å²) < 4.78 is 0. The number of carbonyl (C=O) groups excluding carboxylic acids is 1. The van der Waals surface area contributed by atoms with Crippen LogP contribution in [-0.4, -0.2) is 23.9 Å². The van der Waals surface area contributed by atoms with Crippen LogP contribution >= 0.6 is 0 Å². The van der Waals surface area contributed by atoms with Crippen molar-refractivity contribution in [1.82, 2.24) is 4.90 Å². The van der Waals surface area contributed by atoms with Crippen molar-refractivity contribution in [3.8, 4) is 0 Å². The second-order valence-corrected chi connectivity index (χ2v) is 5.16. The van der Waals surface area contributed by atoms with E-state index < -0.39 is 0 Å². The summed E-state index contributed by atoms with van der Waals surface area (Å²) >= 11 is 0. The molecular formula is C15H22N2O. The number of nitrogens with two attached hydrogens (primary N) is 1. The Morgan fingerprint density at radius 2 is 2.17 bits per heavy atom. The minimum Gasteiger partial charge on any atom is -0.398 e. The minimum atomic E-state index is 0.120. The molecule has 1 fully saturated rings. The van der Waals surface area contributed by atoms with E-state index in [2.05, 4.69) is 0 Å². The number of anilines is 1. The van der Waals surface area contributed by atoms with Crippen LogP contribution in [0.15, 0.2) is 18.2 Å². The van der Waals surface area contributed by atoms with Gasteiger partial charge in [-0.1, -0.05) is 12.5 Å². The lowest BCUT2D eigenvalue weighted by Crippen LogP contribution is -2.37. The van der Waals surface area contributed by atoms with Gasteiger partial charge in [0.2, 0.25) is 0 Å². The smallest absolute Gasteiger partial charge is 0.254 e. The van der Waals surface area contributed by atoms with Crippen molar-refractivity contribution in [3.05, 3.63) is 29.3 Å².